The number of nitrogens with one attached hydrogen (secondary N) is 1. The molecule has 17 heavy (non-hydrogen) atoms. The van der Waals surface area contributed by atoms with Crippen molar-refractivity contribution in [3.05, 3.63) is 0 Å². The predicted octanol–water partition coefficient (Wildman–Crippen LogP) is 0.971. The molecule has 1 unspecified atom stereocenters. The van der Waals surface area contributed by atoms with E-state index >= 15 is 0 Å². The van der Waals surface area contributed by atoms with E-state index < -0.39 is 0 Å². The molecule has 0 spiro atoms. The maximum Gasteiger partial charge on any atom is 0.0593 e. The van der Waals surface area contributed by atoms with Gasteiger partial charge in [-0.25, -0.2) is 0 Å². The second-order valence-electron chi connectivity index (χ2n) is 4.55. The minimum Gasteiger partial charge on any atom is -0.380 e. The molecule has 4 nitrogen and oxygen atoms in total. The van der Waals surface area contributed by atoms with Crippen molar-refractivity contribution in [1.29, 1.82) is 0 Å². The summed E-state index contributed by atoms with van der Waals surface area (Å²) in [5.41, 5.74) is 0. The third-order valence-electron chi connectivity index (χ3n) is 3.19. The van der Waals surface area contributed by atoms with Crippen LogP contribution < -0.4 is 5.32 Å². The summed E-state index contributed by atoms with van der Waals surface area (Å²) in [5, 5.41) is 3.42. The number of hydrogen-bond donors (Lipinski definition) is 1. The van der Waals surface area contributed by atoms with Crippen molar-refractivity contribution in [3.8, 4) is 0 Å². The first-order chi connectivity index (χ1) is 8.36. The third-order valence-corrected chi connectivity index (χ3v) is 3.19. The summed E-state index contributed by atoms with van der Waals surface area (Å²) in [7, 11) is 0. The first kappa shape index (κ1) is 14.9. The molecule has 0 aromatic carbocycles. The summed E-state index contributed by atoms with van der Waals surface area (Å²) < 4.78 is 10.9. The zero-order valence-electron chi connectivity index (χ0n) is 11.4. The van der Waals surface area contributed by atoms with Gasteiger partial charge in [0, 0.05) is 32.8 Å². The number of hydrogen-bond acceptors (Lipinski definition) is 4. The largest absolute Gasteiger partial charge is 0.380 e. The summed E-state index contributed by atoms with van der Waals surface area (Å²) in [4.78, 5) is 2.48. The zero-order chi connectivity index (χ0) is 12.3. The smallest absolute Gasteiger partial charge is 0.0593 e. The monoisotopic (exact) mass is 244 g/mol. The fraction of sp³-hybridized carbons (Fsp3) is 1.00. The van der Waals surface area contributed by atoms with Crippen molar-refractivity contribution >= 4 is 0 Å². The van der Waals surface area contributed by atoms with Crippen LogP contribution in [0.25, 0.3) is 0 Å². The van der Waals surface area contributed by atoms with Crippen LogP contribution in [0.1, 0.15) is 20.3 Å². The fourth-order valence-electron chi connectivity index (χ4n) is 2.21. The Morgan fingerprint density at radius 2 is 1.76 bits per heavy atom. The van der Waals surface area contributed by atoms with Crippen LogP contribution in [0.3, 0.4) is 0 Å². The Morgan fingerprint density at radius 1 is 1.12 bits per heavy atom. The van der Waals surface area contributed by atoms with E-state index in [2.05, 4.69) is 10.2 Å². The molecule has 0 amide bonds. The van der Waals surface area contributed by atoms with Gasteiger partial charge in [0.05, 0.1) is 13.2 Å². The summed E-state index contributed by atoms with van der Waals surface area (Å²) in [5.74, 6) is 0.804. The van der Waals surface area contributed by atoms with Crippen molar-refractivity contribution in [2.75, 3.05) is 59.2 Å². The van der Waals surface area contributed by atoms with Crippen molar-refractivity contribution in [2.45, 2.75) is 20.3 Å². The first-order valence-electron chi connectivity index (χ1n) is 6.95. The maximum absolute atomic E-state index is 5.44. The molecule has 0 aromatic heterocycles. The highest BCUT2D eigenvalue weighted by atomic mass is 16.5. The van der Waals surface area contributed by atoms with Crippen LogP contribution in [0, 0.1) is 5.92 Å². The standard InChI is InChI=1S/C13H28N2O2/c1-3-16-9-7-15(8-10-17-4-2)12-13-5-6-14-11-13/h13-14H,3-12H2,1-2H3. The van der Waals surface area contributed by atoms with E-state index in [-0.39, 0.29) is 0 Å². The molecule has 1 aliphatic heterocycles. The average Bonchev–Trinajstić information content (AvgIpc) is 2.82. The first-order valence-corrected chi connectivity index (χ1v) is 6.95. The third kappa shape index (κ3) is 6.99. The van der Waals surface area contributed by atoms with Crippen LogP contribution in [0.5, 0.6) is 0 Å². The second-order valence-corrected chi connectivity index (χ2v) is 4.55. The molecule has 1 aliphatic rings. The fourth-order valence-corrected chi connectivity index (χ4v) is 2.21. The Labute approximate surface area is 106 Å². The minimum absolute atomic E-state index is 0.804. The summed E-state index contributed by atoms with van der Waals surface area (Å²) in [6, 6.07) is 0. The normalized spacial score (nSPS) is 20.3. The van der Waals surface area contributed by atoms with E-state index in [1.807, 2.05) is 13.8 Å². The molecule has 0 aromatic rings. The minimum atomic E-state index is 0.804. The van der Waals surface area contributed by atoms with Crippen LogP contribution >= 0.6 is 0 Å². The Kier molecular flexibility index (Phi) is 8.61. The van der Waals surface area contributed by atoms with Crippen LogP contribution in [-0.2, 0) is 9.47 Å². The molecule has 102 valence electrons. The van der Waals surface area contributed by atoms with Gasteiger partial charge in [-0.3, -0.25) is 4.90 Å². The van der Waals surface area contributed by atoms with E-state index in [9.17, 15) is 0 Å². The van der Waals surface area contributed by atoms with Crippen molar-refractivity contribution in [1.82, 2.24) is 10.2 Å². The van der Waals surface area contributed by atoms with Gasteiger partial charge in [-0.05, 0) is 39.3 Å². The van der Waals surface area contributed by atoms with E-state index in [0.717, 1.165) is 45.4 Å². The summed E-state index contributed by atoms with van der Waals surface area (Å²) >= 11 is 0. The lowest BCUT2D eigenvalue weighted by molar-refractivity contribution is 0.0769. The number of ether oxygens (including phenoxy) is 2. The van der Waals surface area contributed by atoms with Crippen molar-refractivity contribution in [3.63, 3.8) is 0 Å². The number of rotatable bonds is 10. The molecule has 1 rings (SSSR count). The highest BCUT2D eigenvalue weighted by molar-refractivity contribution is 4.74. The molecule has 0 radical (unpaired) electrons. The van der Waals surface area contributed by atoms with Gasteiger partial charge in [0.25, 0.3) is 0 Å². The lowest BCUT2D eigenvalue weighted by Gasteiger charge is -2.24. The molecule has 1 heterocycles. The lowest BCUT2D eigenvalue weighted by Crippen LogP contribution is -2.36. The Morgan fingerprint density at radius 3 is 2.24 bits per heavy atom. The second kappa shape index (κ2) is 9.83. The molecule has 1 N–H and O–H groups in total. The quantitative estimate of drug-likeness (QED) is 0.581. The van der Waals surface area contributed by atoms with Crippen LogP contribution in [0.2, 0.25) is 0 Å². The van der Waals surface area contributed by atoms with Gasteiger partial charge in [0.2, 0.25) is 0 Å². The maximum atomic E-state index is 5.44. The number of nitrogens with zero attached hydrogens (tertiary/aromatic N) is 1. The van der Waals surface area contributed by atoms with Gasteiger partial charge in [0.15, 0.2) is 0 Å². The van der Waals surface area contributed by atoms with E-state index in [0.29, 0.717) is 0 Å². The van der Waals surface area contributed by atoms with E-state index in [1.165, 1.54) is 26.1 Å². The van der Waals surface area contributed by atoms with E-state index in [4.69, 9.17) is 9.47 Å². The molecule has 1 atom stereocenters. The molecule has 0 aliphatic carbocycles. The van der Waals surface area contributed by atoms with Crippen molar-refractivity contribution < 1.29 is 9.47 Å². The molecular formula is C13H28N2O2. The van der Waals surface area contributed by atoms with E-state index in [1.54, 1.807) is 0 Å². The van der Waals surface area contributed by atoms with Gasteiger partial charge in [0.1, 0.15) is 0 Å². The van der Waals surface area contributed by atoms with Crippen LogP contribution in [0.15, 0.2) is 0 Å². The van der Waals surface area contributed by atoms with Crippen molar-refractivity contribution in [2.24, 2.45) is 5.92 Å². The summed E-state index contributed by atoms with van der Waals surface area (Å²) in [6.07, 6.45) is 1.31. The highest BCUT2D eigenvalue weighted by Gasteiger charge is 2.17. The van der Waals surface area contributed by atoms with Gasteiger partial charge in [-0.2, -0.15) is 0 Å². The van der Waals surface area contributed by atoms with Crippen LogP contribution in [-0.4, -0.2) is 64.1 Å². The topological polar surface area (TPSA) is 33.7 Å². The van der Waals surface area contributed by atoms with Crippen LogP contribution in [0.4, 0.5) is 0 Å². The predicted molar refractivity (Wildman–Crippen MR) is 70.4 cm³/mol. The lowest BCUT2D eigenvalue weighted by atomic mass is 10.1. The molecule has 1 fully saturated rings. The molecule has 4 heteroatoms. The Hall–Kier alpha value is -0.160. The highest BCUT2D eigenvalue weighted by Crippen LogP contribution is 2.09. The van der Waals surface area contributed by atoms with Gasteiger partial charge in [-0.15, -0.1) is 0 Å². The van der Waals surface area contributed by atoms with Gasteiger partial charge < -0.3 is 14.8 Å². The zero-order valence-corrected chi connectivity index (χ0v) is 11.4. The molecule has 0 bridgehead atoms. The average molecular weight is 244 g/mol. The van der Waals surface area contributed by atoms with Gasteiger partial charge in [-0.1, -0.05) is 0 Å². The Balaban J connectivity index is 2.18. The molecule has 1 saturated heterocycles. The Bertz CT molecular complexity index is 163. The van der Waals surface area contributed by atoms with Gasteiger partial charge >= 0.3 is 0 Å². The SMILES string of the molecule is CCOCCN(CCOCC)CC1CCNC1. The molecule has 0 saturated carbocycles. The molecular weight excluding hydrogens is 216 g/mol. The summed E-state index contributed by atoms with van der Waals surface area (Å²) in [6.45, 7) is 13.0.